The van der Waals surface area contributed by atoms with Gasteiger partial charge in [0, 0.05) is 18.3 Å². The zero-order valence-corrected chi connectivity index (χ0v) is 13.0. The third kappa shape index (κ3) is 3.31. The molecule has 2 atom stereocenters. The second-order valence-electron chi connectivity index (χ2n) is 5.51. The van der Waals surface area contributed by atoms with Gasteiger partial charge < -0.3 is 10.5 Å². The number of hydrogen-bond donors (Lipinski definition) is 2. The highest BCUT2D eigenvalue weighted by molar-refractivity contribution is 7.89. The van der Waals surface area contributed by atoms with Gasteiger partial charge >= 0.3 is 0 Å². The molecule has 1 saturated heterocycles. The van der Waals surface area contributed by atoms with E-state index in [1.54, 1.807) is 26.0 Å². The van der Waals surface area contributed by atoms with Crippen LogP contribution in [0, 0.1) is 13.8 Å². The maximum Gasteiger partial charge on any atom is 0.241 e. The molecule has 2 rings (SSSR count). The van der Waals surface area contributed by atoms with Gasteiger partial charge in [0.05, 0.1) is 11.0 Å². The molecule has 0 amide bonds. The quantitative estimate of drug-likeness (QED) is 0.833. The van der Waals surface area contributed by atoms with Crippen LogP contribution in [0.5, 0.6) is 0 Å². The Labute approximate surface area is 120 Å². The summed E-state index contributed by atoms with van der Waals surface area (Å²) in [6.45, 7) is 6.09. The smallest absolute Gasteiger partial charge is 0.241 e. The van der Waals surface area contributed by atoms with E-state index in [0.29, 0.717) is 41.2 Å². The number of benzene rings is 1. The van der Waals surface area contributed by atoms with Gasteiger partial charge in [-0.25, -0.2) is 13.1 Å². The van der Waals surface area contributed by atoms with Crippen molar-refractivity contribution < 1.29 is 13.2 Å². The van der Waals surface area contributed by atoms with E-state index >= 15 is 0 Å². The summed E-state index contributed by atoms with van der Waals surface area (Å²) < 4.78 is 33.4. The first-order valence-electron chi connectivity index (χ1n) is 6.80. The SMILES string of the molecule is Cc1cc(N)cc(C)c1S(=O)(=O)NC1CCOC(C)C1. The fraction of sp³-hybridized carbons (Fsp3) is 0.571. The highest BCUT2D eigenvalue weighted by Gasteiger charge is 2.27. The van der Waals surface area contributed by atoms with Crippen molar-refractivity contribution in [2.24, 2.45) is 0 Å². The highest BCUT2D eigenvalue weighted by Crippen LogP contribution is 2.24. The monoisotopic (exact) mass is 298 g/mol. The topological polar surface area (TPSA) is 81.4 Å². The molecule has 1 aromatic rings. The first-order chi connectivity index (χ1) is 9.29. The summed E-state index contributed by atoms with van der Waals surface area (Å²) in [6.07, 6.45) is 1.49. The normalized spacial score (nSPS) is 23.8. The van der Waals surface area contributed by atoms with E-state index < -0.39 is 10.0 Å². The molecule has 0 spiro atoms. The summed E-state index contributed by atoms with van der Waals surface area (Å²) >= 11 is 0. The molecule has 1 heterocycles. The molecule has 0 bridgehead atoms. The van der Waals surface area contributed by atoms with Crippen molar-refractivity contribution in [3.63, 3.8) is 0 Å². The summed E-state index contributed by atoms with van der Waals surface area (Å²) in [4.78, 5) is 0.339. The van der Waals surface area contributed by atoms with Crippen molar-refractivity contribution in [1.29, 1.82) is 0 Å². The second kappa shape index (κ2) is 5.71. The van der Waals surface area contributed by atoms with Crippen LogP contribution in [0.2, 0.25) is 0 Å². The number of nitrogens with one attached hydrogen (secondary N) is 1. The molecule has 2 unspecified atom stereocenters. The van der Waals surface area contributed by atoms with Crippen LogP contribution in [-0.4, -0.2) is 27.2 Å². The van der Waals surface area contributed by atoms with Crippen LogP contribution in [-0.2, 0) is 14.8 Å². The fourth-order valence-corrected chi connectivity index (χ4v) is 4.53. The summed E-state index contributed by atoms with van der Waals surface area (Å²) in [7, 11) is -3.52. The molecule has 3 N–H and O–H groups in total. The molecule has 0 aliphatic carbocycles. The Morgan fingerprint density at radius 3 is 2.45 bits per heavy atom. The average Bonchev–Trinajstić information content (AvgIpc) is 2.25. The van der Waals surface area contributed by atoms with E-state index in [2.05, 4.69) is 4.72 Å². The van der Waals surface area contributed by atoms with Gasteiger partial charge in [-0.15, -0.1) is 0 Å². The number of nitrogen functional groups attached to an aromatic ring is 1. The van der Waals surface area contributed by atoms with Crippen LogP contribution in [0.25, 0.3) is 0 Å². The lowest BCUT2D eigenvalue weighted by Gasteiger charge is -2.28. The highest BCUT2D eigenvalue weighted by atomic mass is 32.2. The maximum atomic E-state index is 12.6. The molecule has 0 saturated carbocycles. The lowest BCUT2D eigenvalue weighted by atomic mass is 10.1. The summed E-state index contributed by atoms with van der Waals surface area (Å²) in [5.41, 5.74) is 7.68. The molecule has 112 valence electrons. The number of hydrogen-bond acceptors (Lipinski definition) is 4. The molecular weight excluding hydrogens is 276 g/mol. The molecular formula is C14H22N2O3S. The zero-order valence-electron chi connectivity index (χ0n) is 12.1. The van der Waals surface area contributed by atoms with Crippen molar-refractivity contribution in [1.82, 2.24) is 4.72 Å². The molecule has 0 aromatic heterocycles. The lowest BCUT2D eigenvalue weighted by molar-refractivity contribution is 0.0173. The van der Waals surface area contributed by atoms with E-state index in [4.69, 9.17) is 10.5 Å². The summed E-state index contributed by atoms with van der Waals surface area (Å²) in [6, 6.07) is 3.31. The van der Waals surface area contributed by atoms with Gasteiger partial charge in [0.1, 0.15) is 0 Å². The predicted octanol–water partition coefficient (Wildman–Crippen LogP) is 1.73. The first-order valence-corrected chi connectivity index (χ1v) is 8.28. The molecule has 1 aliphatic rings. The number of ether oxygens (including phenoxy) is 1. The minimum atomic E-state index is -3.52. The molecule has 0 radical (unpaired) electrons. The Morgan fingerprint density at radius 2 is 1.90 bits per heavy atom. The lowest BCUT2D eigenvalue weighted by Crippen LogP contribution is -2.41. The predicted molar refractivity (Wildman–Crippen MR) is 79.1 cm³/mol. The number of sulfonamides is 1. The molecule has 1 fully saturated rings. The summed E-state index contributed by atoms with van der Waals surface area (Å²) in [5.74, 6) is 0. The Hall–Kier alpha value is -1.11. The van der Waals surface area contributed by atoms with Crippen LogP contribution >= 0.6 is 0 Å². The Bertz CT molecular complexity index is 575. The van der Waals surface area contributed by atoms with Gasteiger partial charge in [-0.2, -0.15) is 0 Å². The molecule has 1 aliphatic heterocycles. The molecule has 20 heavy (non-hydrogen) atoms. The third-order valence-corrected chi connectivity index (χ3v) is 5.38. The van der Waals surface area contributed by atoms with Crippen molar-refractivity contribution >= 4 is 15.7 Å². The van der Waals surface area contributed by atoms with Gasteiger partial charge in [0.15, 0.2) is 0 Å². The molecule has 1 aromatic carbocycles. The van der Waals surface area contributed by atoms with Crippen molar-refractivity contribution in [3.8, 4) is 0 Å². The van der Waals surface area contributed by atoms with Gasteiger partial charge in [-0.3, -0.25) is 0 Å². The average molecular weight is 298 g/mol. The van der Waals surface area contributed by atoms with Crippen LogP contribution in [0.4, 0.5) is 5.69 Å². The van der Waals surface area contributed by atoms with E-state index in [0.717, 1.165) is 0 Å². The Morgan fingerprint density at radius 1 is 1.30 bits per heavy atom. The van der Waals surface area contributed by atoms with E-state index in [1.165, 1.54) is 0 Å². The van der Waals surface area contributed by atoms with Gasteiger partial charge in [0.25, 0.3) is 0 Å². The van der Waals surface area contributed by atoms with Crippen molar-refractivity contribution in [2.45, 2.75) is 50.7 Å². The van der Waals surface area contributed by atoms with Crippen LogP contribution in [0.1, 0.15) is 30.9 Å². The van der Waals surface area contributed by atoms with Crippen LogP contribution in [0.3, 0.4) is 0 Å². The minimum Gasteiger partial charge on any atom is -0.399 e. The maximum absolute atomic E-state index is 12.6. The Balaban J connectivity index is 2.27. The van der Waals surface area contributed by atoms with E-state index in [9.17, 15) is 8.42 Å². The fourth-order valence-electron chi connectivity index (χ4n) is 2.79. The standard InChI is InChI=1S/C14H22N2O3S/c1-9-6-12(15)7-10(2)14(9)20(17,18)16-13-4-5-19-11(3)8-13/h6-7,11,13,16H,4-5,8,15H2,1-3H3. The summed E-state index contributed by atoms with van der Waals surface area (Å²) in [5, 5.41) is 0. The minimum absolute atomic E-state index is 0.0693. The third-order valence-electron chi connectivity index (χ3n) is 3.56. The van der Waals surface area contributed by atoms with E-state index in [-0.39, 0.29) is 12.1 Å². The largest absolute Gasteiger partial charge is 0.399 e. The molecule has 6 heteroatoms. The van der Waals surface area contributed by atoms with E-state index in [1.807, 2.05) is 6.92 Å². The van der Waals surface area contributed by atoms with Crippen molar-refractivity contribution in [3.05, 3.63) is 23.3 Å². The second-order valence-corrected chi connectivity index (χ2v) is 7.16. The molecule has 5 nitrogen and oxygen atoms in total. The number of nitrogens with two attached hydrogens (primary N) is 1. The van der Waals surface area contributed by atoms with Crippen LogP contribution < -0.4 is 10.5 Å². The first kappa shape index (κ1) is 15.3. The van der Waals surface area contributed by atoms with Gasteiger partial charge in [-0.1, -0.05) is 0 Å². The van der Waals surface area contributed by atoms with Gasteiger partial charge in [0.2, 0.25) is 10.0 Å². The van der Waals surface area contributed by atoms with Crippen LogP contribution in [0.15, 0.2) is 17.0 Å². The van der Waals surface area contributed by atoms with Gasteiger partial charge in [-0.05, 0) is 56.9 Å². The van der Waals surface area contributed by atoms with Crippen molar-refractivity contribution in [2.75, 3.05) is 12.3 Å². The Kier molecular flexibility index (Phi) is 4.36. The number of anilines is 1. The number of rotatable bonds is 3. The zero-order chi connectivity index (χ0) is 14.9. The number of aryl methyl sites for hydroxylation is 2.